The van der Waals surface area contributed by atoms with Crippen molar-refractivity contribution >= 4 is 11.8 Å². The number of aliphatic hydroxyl groups excluding tert-OH is 1. The monoisotopic (exact) mass is 253 g/mol. The highest BCUT2D eigenvalue weighted by atomic mass is 16.5. The number of nitrogens with one attached hydrogen (secondary N) is 1. The van der Waals surface area contributed by atoms with Gasteiger partial charge in [-0.15, -0.1) is 0 Å². The van der Waals surface area contributed by atoms with Gasteiger partial charge >= 0.3 is 0 Å². The third-order valence-corrected chi connectivity index (χ3v) is 3.06. The molecular formula is C11H19N5O2. The molecule has 4 N–H and O–H groups in total. The molecule has 1 aliphatic rings. The highest BCUT2D eigenvalue weighted by molar-refractivity contribution is 5.50. The molecule has 1 aromatic rings. The summed E-state index contributed by atoms with van der Waals surface area (Å²) in [6.45, 7) is 5.20. The van der Waals surface area contributed by atoms with Crippen LogP contribution in [-0.2, 0) is 4.74 Å². The molecule has 2 atom stereocenters. The molecule has 7 nitrogen and oxygen atoms in total. The maximum absolute atomic E-state index is 9.20. The Kier molecular flexibility index (Phi) is 3.95. The summed E-state index contributed by atoms with van der Waals surface area (Å²) >= 11 is 0. The van der Waals surface area contributed by atoms with Gasteiger partial charge in [-0.05, 0) is 13.8 Å². The first-order valence-corrected chi connectivity index (χ1v) is 5.95. The second-order valence-corrected chi connectivity index (χ2v) is 4.48. The molecule has 1 fully saturated rings. The van der Waals surface area contributed by atoms with Crippen LogP contribution in [0.4, 0.5) is 11.8 Å². The number of hydrogen-bond donors (Lipinski definition) is 3. The van der Waals surface area contributed by atoms with Crippen LogP contribution >= 0.6 is 0 Å². The average Bonchev–Trinajstić information content (AvgIpc) is 2.40. The van der Waals surface area contributed by atoms with Crippen LogP contribution in [0.1, 0.15) is 12.5 Å². The Morgan fingerprint density at radius 1 is 1.67 bits per heavy atom. The minimum absolute atomic E-state index is 0.00927. The molecular weight excluding hydrogens is 234 g/mol. The van der Waals surface area contributed by atoms with Gasteiger partial charge in [0.1, 0.15) is 5.82 Å². The van der Waals surface area contributed by atoms with Crippen molar-refractivity contribution in [3.8, 4) is 0 Å². The highest BCUT2D eigenvalue weighted by Gasteiger charge is 2.27. The predicted molar refractivity (Wildman–Crippen MR) is 68.2 cm³/mol. The lowest BCUT2D eigenvalue weighted by atomic mass is 10.2. The number of aliphatic hydroxyl groups is 1. The van der Waals surface area contributed by atoms with E-state index < -0.39 is 0 Å². The van der Waals surface area contributed by atoms with Gasteiger partial charge in [-0.2, -0.15) is 4.98 Å². The Morgan fingerprint density at radius 3 is 3.11 bits per heavy atom. The Morgan fingerprint density at radius 2 is 2.44 bits per heavy atom. The van der Waals surface area contributed by atoms with Crippen molar-refractivity contribution in [2.75, 3.05) is 30.1 Å². The normalized spacial score (nSPS) is 24.1. The van der Waals surface area contributed by atoms with Crippen molar-refractivity contribution in [2.45, 2.75) is 26.0 Å². The number of aryl methyl sites for hydroxylation is 1. The predicted octanol–water partition coefficient (Wildman–Crippen LogP) is -0.343. The van der Waals surface area contributed by atoms with Crippen LogP contribution in [0, 0.1) is 6.92 Å². The maximum atomic E-state index is 9.20. The molecule has 0 saturated carbocycles. The topological polar surface area (TPSA) is 96.5 Å². The minimum Gasteiger partial charge on any atom is -0.394 e. The molecule has 0 amide bonds. The van der Waals surface area contributed by atoms with Crippen LogP contribution in [0.3, 0.4) is 0 Å². The summed E-state index contributed by atoms with van der Waals surface area (Å²) in [5.41, 5.74) is 3.42. The van der Waals surface area contributed by atoms with Crippen LogP contribution in [0.25, 0.3) is 0 Å². The Balaban J connectivity index is 2.27. The lowest BCUT2D eigenvalue weighted by molar-refractivity contribution is -0.0106. The Labute approximate surface area is 106 Å². The molecule has 0 aliphatic carbocycles. The first-order chi connectivity index (χ1) is 8.65. The fraction of sp³-hybridized carbons (Fsp3) is 0.636. The summed E-state index contributed by atoms with van der Waals surface area (Å²) in [5.74, 6) is 6.54. The summed E-state index contributed by atoms with van der Waals surface area (Å²) in [4.78, 5) is 10.6. The number of nitrogens with two attached hydrogens (primary N) is 1. The molecule has 2 heterocycles. The largest absolute Gasteiger partial charge is 0.394 e. The van der Waals surface area contributed by atoms with E-state index in [4.69, 9.17) is 10.6 Å². The summed E-state index contributed by atoms with van der Waals surface area (Å²) in [6.07, 6.45) is 1.55. The number of anilines is 2. The van der Waals surface area contributed by atoms with Crippen molar-refractivity contribution in [2.24, 2.45) is 5.84 Å². The molecule has 0 aromatic carbocycles. The van der Waals surface area contributed by atoms with Crippen LogP contribution in [0.2, 0.25) is 0 Å². The van der Waals surface area contributed by atoms with Gasteiger partial charge in [-0.1, -0.05) is 0 Å². The van der Waals surface area contributed by atoms with Crippen molar-refractivity contribution in [1.82, 2.24) is 9.97 Å². The number of nitrogens with zero attached hydrogens (tertiary/aromatic N) is 3. The first kappa shape index (κ1) is 13.0. The molecule has 0 bridgehead atoms. The second kappa shape index (κ2) is 5.47. The Bertz CT molecular complexity index is 414. The smallest absolute Gasteiger partial charge is 0.239 e. The van der Waals surface area contributed by atoms with Crippen LogP contribution in [-0.4, -0.2) is 47.0 Å². The number of nitrogen functional groups attached to an aromatic ring is 1. The fourth-order valence-electron chi connectivity index (χ4n) is 2.02. The van der Waals surface area contributed by atoms with Gasteiger partial charge in [0.15, 0.2) is 0 Å². The highest BCUT2D eigenvalue weighted by Crippen LogP contribution is 2.23. The number of rotatable bonds is 3. The molecule has 1 aliphatic heterocycles. The third-order valence-electron chi connectivity index (χ3n) is 3.06. The zero-order valence-corrected chi connectivity index (χ0v) is 10.6. The van der Waals surface area contributed by atoms with E-state index in [1.54, 1.807) is 6.20 Å². The number of hydrazine groups is 1. The average molecular weight is 253 g/mol. The van der Waals surface area contributed by atoms with E-state index in [-0.39, 0.29) is 18.8 Å². The summed E-state index contributed by atoms with van der Waals surface area (Å²) in [5, 5.41) is 9.20. The van der Waals surface area contributed by atoms with Gasteiger partial charge in [0.2, 0.25) is 5.95 Å². The van der Waals surface area contributed by atoms with Crippen molar-refractivity contribution in [3.05, 3.63) is 11.8 Å². The summed E-state index contributed by atoms with van der Waals surface area (Å²) in [6, 6.07) is 0.201. The van der Waals surface area contributed by atoms with E-state index in [1.807, 2.05) is 6.92 Å². The summed E-state index contributed by atoms with van der Waals surface area (Å²) < 4.78 is 5.51. The molecule has 1 saturated heterocycles. The summed E-state index contributed by atoms with van der Waals surface area (Å²) in [7, 11) is 0. The van der Waals surface area contributed by atoms with Crippen LogP contribution < -0.4 is 16.2 Å². The molecule has 18 heavy (non-hydrogen) atoms. The van der Waals surface area contributed by atoms with E-state index in [2.05, 4.69) is 27.2 Å². The van der Waals surface area contributed by atoms with Gasteiger partial charge in [0.25, 0.3) is 0 Å². The van der Waals surface area contributed by atoms with Gasteiger partial charge in [0, 0.05) is 18.3 Å². The molecule has 0 radical (unpaired) electrons. The molecule has 0 spiro atoms. The fourth-order valence-corrected chi connectivity index (χ4v) is 2.02. The van der Waals surface area contributed by atoms with Crippen LogP contribution in [0.5, 0.6) is 0 Å². The molecule has 2 rings (SSSR count). The number of morpholine rings is 1. The van der Waals surface area contributed by atoms with E-state index in [9.17, 15) is 5.11 Å². The van der Waals surface area contributed by atoms with E-state index in [0.29, 0.717) is 19.1 Å². The zero-order chi connectivity index (χ0) is 13.1. The minimum atomic E-state index is -0.176. The van der Waals surface area contributed by atoms with Crippen molar-refractivity contribution < 1.29 is 9.84 Å². The lowest BCUT2D eigenvalue weighted by Crippen LogP contribution is -2.50. The van der Waals surface area contributed by atoms with E-state index >= 15 is 0 Å². The quantitative estimate of drug-likeness (QED) is 0.500. The molecule has 2 unspecified atom stereocenters. The van der Waals surface area contributed by atoms with Gasteiger partial charge in [0.05, 0.1) is 25.4 Å². The van der Waals surface area contributed by atoms with E-state index in [1.165, 1.54) is 0 Å². The number of ether oxygens (including phenoxy) is 1. The first-order valence-electron chi connectivity index (χ1n) is 5.95. The molecule has 7 heteroatoms. The van der Waals surface area contributed by atoms with Crippen molar-refractivity contribution in [3.63, 3.8) is 0 Å². The van der Waals surface area contributed by atoms with Gasteiger partial charge in [-0.3, -0.25) is 5.43 Å². The molecule has 100 valence electrons. The zero-order valence-electron chi connectivity index (χ0n) is 10.6. The van der Waals surface area contributed by atoms with Gasteiger partial charge in [-0.25, -0.2) is 10.8 Å². The Hall–Kier alpha value is -1.44. The van der Waals surface area contributed by atoms with E-state index in [0.717, 1.165) is 11.4 Å². The second-order valence-electron chi connectivity index (χ2n) is 4.48. The third kappa shape index (κ3) is 2.53. The van der Waals surface area contributed by atoms with Crippen LogP contribution in [0.15, 0.2) is 6.20 Å². The number of aromatic nitrogens is 2. The van der Waals surface area contributed by atoms with Gasteiger partial charge < -0.3 is 14.7 Å². The standard InChI is InChI=1S/C11H19N5O2/c1-7-3-13-11(15-12)14-10(7)16-4-9(5-17)18-6-8(16)2/h3,8-9,17H,4-6,12H2,1-2H3,(H,13,14,15). The van der Waals surface area contributed by atoms with Crippen molar-refractivity contribution in [1.29, 1.82) is 0 Å². The lowest BCUT2D eigenvalue weighted by Gasteiger charge is -2.38. The number of hydrogen-bond acceptors (Lipinski definition) is 7. The SMILES string of the molecule is Cc1cnc(NN)nc1N1CC(CO)OCC1C. The maximum Gasteiger partial charge on any atom is 0.239 e. The molecule has 1 aromatic heterocycles.